The minimum Gasteiger partial charge on any atom is -0.355 e. The molecule has 2 heterocycles. The molecule has 0 fully saturated rings. The number of halogens is 2. The Morgan fingerprint density at radius 3 is 2.68 bits per heavy atom. The van der Waals surface area contributed by atoms with E-state index in [0.717, 1.165) is 5.56 Å². The Balaban J connectivity index is 1.49. The fourth-order valence-electron chi connectivity index (χ4n) is 2.66. The van der Waals surface area contributed by atoms with Crippen molar-refractivity contribution in [3.05, 3.63) is 89.0 Å². The zero-order valence-electron chi connectivity index (χ0n) is 14.5. The second kappa shape index (κ2) is 7.66. The predicted molar refractivity (Wildman–Crippen MR) is 103 cm³/mol. The second-order valence-corrected chi connectivity index (χ2v) is 6.42. The Hall–Kier alpha value is -3.45. The van der Waals surface area contributed by atoms with Crippen molar-refractivity contribution in [2.75, 3.05) is 5.32 Å². The summed E-state index contributed by atoms with van der Waals surface area (Å²) in [6.07, 6.45) is 1.52. The van der Waals surface area contributed by atoms with Crippen molar-refractivity contribution in [2.24, 2.45) is 0 Å². The summed E-state index contributed by atoms with van der Waals surface area (Å²) in [5, 5.41) is 10.8. The lowest BCUT2D eigenvalue weighted by molar-refractivity contribution is 0.101. The number of anilines is 1. The molecule has 8 heteroatoms. The van der Waals surface area contributed by atoms with Gasteiger partial charge < -0.3 is 9.84 Å². The van der Waals surface area contributed by atoms with Crippen LogP contribution >= 0.6 is 11.6 Å². The highest BCUT2D eigenvalue weighted by Crippen LogP contribution is 2.23. The summed E-state index contributed by atoms with van der Waals surface area (Å²) in [5.74, 6) is -0.214. The zero-order chi connectivity index (χ0) is 19.5. The average molecular weight is 397 g/mol. The van der Waals surface area contributed by atoms with Gasteiger partial charge in [-0.3, -0.25) is 9.48 Å². The molecule has 1 N–H and O–H groups in total. The third kappa shape index (κ3) is 3.79. The first kappa shape index (κ1) is 17.9. The van der Waals surface area contributed by atoms with E-state index in [1.54, 1.807) is 18.2 Å². The van der Waals surface area contributed by atoms with Crippen LogP contribution in [0.4, 0.5) is 10.2 Å². The molecule has 0 bridgehead atoms. The van der Waals surface area contributed by atoms with Crippen LogP contribution in [-0.2, 0) is 6.54 Å². The SMILES string of the molecule is O=C(Nc1nn(Cc2ccccc2F)cc1Cl)c1cc(-c2ccccc2)on1. The van der Waals surface area contributed by atoms with Gasteiger partial charge in [-0.15, -0.1) is 0 Å². The number of hydrogen-bond donors (Lipinski definition) is 1. The van der Waals surface area contributed by atoms with Gasteiger partial charge in [0.2, 0.25) is 0 Å². The quantitative estimate of drug-likeness (QED) is 0.533. The molecule has 4 aromatic rings. The normalized spacial score (nSPS) is 10.8. The van der Waals surface area contributed by atoms with Crippen LogP contribution in [0.25, 0.3) is 11.3 Å². The molecule has 6 nitrogen and oxygen atoms in total. The van der Waals surface area contributed by atoms with Crippen molar-refractivity contribution in [1.29, 1.82) is 0 Å². The van der Waals surface area contributed by atoms with Crippen molar-refractivity contribution in [1.82, 2.24) is 14.9 Å². The van der Waals surface area contributed by atoms with Gasteiger partial charge in [-0.2, -0.15) is 5.10 Å². The van der Waals surface area contributed by atoms with Crippen LogP contribution in [0.15, 0.2) is 71.4 Å². The first-order valence-corrected chi connectivity index (χ1v) is 8.78. The third-order valence-corrected chi connectivity index (χ3v) is 4.32. The molecule has 0 radical (unpaired) electrons. The standard InChI is InChI=1S/C20H14ClFN4O2/c21-15-12-26(11-14-8-4-5-9-16(14)22)24-19(15)23-20(27)17-10-18(28-25-17)13-6-2-1-3-7-13/h1-10,12H,11H2,(H,23,24,27). The molecular formula is C20H14ClFN4O2. The summed E-state index contributed by atoms with van der Waals surface area (Å²) in [4.78, 5) is 12.4. The molecule has 28 heavy (non-hydrogen) atoms. The molecule has 0 saturated heterocycles. The second-order valence-electron chi connectivity index (χ2n) is 6.01. The van der Waals surface area contributed by atoms with E-state index in [1.165, 1.54) is 23.0 Å². The molecule has 140 valence electrons. The molecule has 2 aromatic carbocycles. The molecule has 0 saturated carbocycles. The maximum Gasteiger partial charge on any atom is 0.279 e. The molecule has 1 amide bonds. The summed E-state index contributed by atoms with van der Waals surface area (Å²) in [6.45, 7) is 0.185. The molecule has 0 aliphatic rings. The Bertz CT molecular complexity index is 1120. The molecule has 4 rings (SSSR count). The lowest BCUT2D eigenvalue weighted by Gasteiger charge is -2.03. The summed E-state index contributed by atoms with van der Waals surface area (Å²) in [7, 11) is 0. The monoisotopic (exact) mass is 396 g/mol. The van der Waals surface area contributed by atoms with E-state index in [-0.39, 0.29) is 28.9 Å². The Kier molecular flexibility index (Phi) is 4.90. The van der Waals surface area contributed by atoms with Gasteiger partial charge in [0, 0.05) is 23.4 Å². The average Bonchev–Trinajstić information content (AvgIpc) is 3.32. The highest BCUT2D eigenvalue weighted by molar-refractivity contribution is 6.33. The summed E-state index contributed by atoms with van der Waals surface area (Å²) in [5.41, 5.74) is 1.36. The Morgan fingerprint density at radius 2 is 1.89 bits per heavy atom. The number of carbonyl (C=O) groups is 1. The van der Waals surface area contributed by atoms with Crippen LogP contribution in [0.1, 0.15) is 16.1 Å². The van der Waals surface area contributed by atoms with Gasteiger partial charge in [0.05, 0.1) is 6.54 Å². The zero-order valence-corrected chi connectivity index (χ0v) is 15.2. The van der Waals surface area contributed by atoms with E-state index >= 15 is 0 Å². The highest BCUT2D eigenvalue weighted by Gasteiger charge is 2.17. The molecule has 0 aliphatic heterocycles. The number of aromatic nitrogens is 3. The summed E-state index contributed by atoms with van der Waals surface area (Å²) in [6, 6.07) is 17.2. The first-order valence-electron chi connectivity index (χ1n) is 8.40. The van der Waals surface area contributed by atoms with Crippen molar-refractivity contribution in [3.63, 3.8) is 0 Å². The maximum absolute atomic E-state index is 13.8. The van der Waals surface area contributed by atoms with E-state index < -0.39 is 5.91 Å². The van der Waals surface area contributed by atoms with Gasteiger partial charge in [-0.1, -0.05) is 65.3 Å². The van der Waals surface area contributed by atoms with Gasteiger partial charge >= 0.3 is 0 Å². The minimum atomic E-state index is -0.510. The number of nitrogens with one attached hydrogen (secondary N) is 1. The fourth-order valence-corrected chi connectivity index (χ4v) is 2.85. The van der Waals surface area contributed by atoms with E-state index in [2.05, 4.69) is 15.6 Å². The molecule has 0 unspecified atom stereocenters. The molecule has 0 aliphatic carbocycles. The topological polar surface area (TPSA) is 73.0 Å². The van der Waals surface area contributed by atoms with Crippen LogP contribution in [0.3, 0.4) is 0 Å². The first-order chi connectivity index (χ1) is 13.6. The minimum absolute atomic E-state index is 0.0959. The third-order valence-electron chi connectivity index (χ3n) is 4.04. The summed E-state index contributed by atoms with van der Waals surface area (Å²) >= 11 is 6.15. The lowest BCUT2D eigenvalue weighted by atomic mass is 10.1. The predicted octanol–water partition coefficient (Wildman–Crippen LogP) is 4.63. The number of amides is 1. The van der Waals surface area contributed by atoms with Gasteiger partial charge in [-0.05, 0) is 6.07 Å². The number of rotatable bonds is 5. The van der Waals surface area contributed by atoms with E-state index in [0.29, 0.717) is 11.3 Å². The lowest BCUT2D eigenvalue weighted by Crippen LogP contribution is -2.13. The Labute approximate surface area is 164 Å². The van der Waals surface area contributed by atoms with Crippen LogP contribution < -0.4 is 5.32 Å². The van der Waals surface area contributed by atoms with Gasteiger partial charge in [0.15, 0.2) is 17.3 Å². The number of carbonyl (C=O) groups excluding carboxylic acids is 1. The maximum atomic E-state index is 13.8. The highest BCUT2D eigenvalue weighted by atomic mass is 35.5. The van der Waals surface area contributed by atoms with Gasteiger partial charge in [-0.25, -0.2) is 4.39 Å². The van der Waals surface area contributed by atoms with Crippen LogP contribution in [0, 0.1) is 5.82 Å². The van der Waals surface area contributed by atoms with E-state index in [1.807, 2.05) is 30.3 Å². The van der Waals surface area contributed by atoms with Crippen LogP contribution in [0.5, 0.6) is 0 Å². The van der Waals surface area contributed by atoms with E-state index in [9.17, 15) is 9.18 Å². The van der Waals surface area contributed by atoms with Crippen molar-refractivity contribution in [2.45, 2.75) is 6.54 Å². The molecular weight excluding hydrogens is 383 g/mol. The molecule has 0 atom stereocenters. The van der Waals surface area contributed by atoms with Crippen LogP contribution in [0.2, 0.25) is 5.02 Å². The van der Waals surface area contributed by atoms with Crippen molar-refractivity contribution in [3.8, 4) is 11.3 Å². The van der Waals surface area contributed by atoms with Gasteiger partial charge in [0.25, 0.3) is 5.91 Å². The van der Waals surface area contributed by atoms with Gasteiger partial charge in [0.1, 0.15) is 10.8 Å². The van der Waals surface area contributed by atoms with E-state index in [4.69, 9.17) is 16.1 Å². The number of benzene rings is 2. The van der Waals surface area contributed by atoms with Crippen molar-refractivity contribution < 1.29 is 13.7 Å². The molecule has 2 aromatic heterocycles. The number of nitrogens with zero attached hydrogens (tertiary/aromatic N) is 3. The fraction of sp³-hybridized carbons (Fsp3) is 0.0500. The van der Waals surface area contributed by atoms with Crippen LogP contribution in [-0.4, -0.2) is 20.8 Å². The molecule has 0 spiro atoms. The smallest absolute Gasteiger partial charge is 0.279 e. The van der Waals surface area contributed by atoms with Crippen molar-refractivity contribution >= 4 is 23.3 Å². The summed E-state index contributed by atoms with van der Waals surface area (Å²) < 4.78 is 20.5. The largest absolute Gasteiger partial charge is 0.355 e. The number of hydrogen-bond acceptors (Lipinski definition) is 4. The Morgan fingerprint density at radius 1 is 1.14 bits per heavy atom.